The molecule has 0 saturated heterocycles. The highest BCUT2D eigenvalue weighted by molar-refractivity contribution is 6.10. The third kappa shape index (κ3) is 4.12. The average Bonchev–Trinajstić information content (AvgIpc) is 3.49. The number of hydrogen-bond acceptors (Lipinski definition) is 4. The molecule has 4 heterocycles. The molecule has 0 aliphatic heterocycles. The zero-order valence-electron chi connectivity index (χ0n) is 22.0. The molecule has 0 unspecified atom stereocenters. The van der Waals surface area contributed by atoms with Crippen LogP contribution in [0.1, 0.15) is 0 Å². The third-order valence-electron chi connectivity index (χ3n) is 7.53. The molecule has 0 aliphatic rings. The Bertz CT molecular complexity index is 2180. The van der Waals surface area contributed by atoms with Gasteiger partial charge in [0.05, 0.1) is 16.9 Å². The van der Waals surface area contributed by atoms with Gasteiger partial charge in [0.1, 0.15) is 0 Å². The number of nitrogens with zero attached hydrogens (tertiary/aromatic N) is 5. The highest BCUT2D eigenvalue weighted by atomic mass is 15.3. The van der Waals surface area contributed by atoms with Crippen LogP contribution in [-0.4, -0.2) is 24.6 Å². The number of hydrogen-bond donors (Lipinski definition) is 0. The molecule has 0 amide bonds. The summed E-state index contributed by atoms with van der Waals surface area (Å²) in [4.78, 5) is 14.6. The number of rotatable bonds is 4. The predicted molar refractivity (Wildman–Crippen MR) is 165 cm³/mol. The Morgan fingerprint density at radius 3 is 1.93 bits per heavy atom. The molecular weight excluding hydrogens is 502 g/mol. The molecule has 8 rings (SSSR count). The van der Waals surface area contributed by atoms with Crippen LogP contribution >= 0.6 is 0 Å². The zero-order chi connectivity index (χ0) is 27.2. The van der Waals surface area contributed by atoms with Gasteiger partial charge in [-0.25, -0.2) is 14.5 Å². The van der Waals surface area contributed by atoms with Crippen LogP contribution in [0.2, 0.25) is 0 Å². The molecule has 0 atom stereocenters. The number of aromatic nitrogens is 5. The molecule has 0 saturated carbocycles. The molecular formula is C36H23N5. The molecule has 0 radical (unpaired) electrons. The first-order valence-corrected chi connectivity index (χ1v) is 13.6. The maximum atomic E-state index is 4.98. The van der Waals surface area contributed by atoms with Crippen molar-refractivity contribution in [2.45, 2.75) is 0 Å². The molecule has 41 heavy (non-hydrogen) atoms. The van der Waals surface area contributed by atoms with E-state index in [-0.39, 0.29) is 0 Å². The van der Waals surface area contributed by atoms with Crippen LogP contribution in [0.25, 0.3) is 72.4 Å². The molecule has 0 bridgehead atoms. The summed E-state index contributed by atoms with van der Waals surface area (Å²) < 4.78 is 1.85. The van der Waals surface area contributed by atoms with Crippen molar-refractivity contribution >= 4 is 27.3 Å². The smallest absolute Gasteiger partial charge is 0.182 e. The second-order valence-corrected chi connectivity index (χ2v) is 10.1. The fraction of sp³-hybridized carbons (Fsp3) is 0. The van der Waals surface area contributed by atoms with Crippen LogP contribution in [0.3, 0.4) is 0 Å². The highest BCUT2D eigenvalue weighted by Crippen LogP contribution is 2.32. The summed E-state index contributed by atoms with van der Waals surface area (Å²) in [7, 11) is 0. The van der Waals surface area contributed by atoms with E-state index < -0.39 is 0 Å². The number of pyridine rings is 3. The van der Waals surface area contributed by atoms with E-state index in [9.17, 15) is 0 Å². The Morgan fingerprint density at radius 1 is 0.463 bits per heavy atom. The van der Waals surface area contributed by atoms with E-state index in [1.807, 2.05) is 47.2 Å². The normalized spacial score (nSPS) is 11.4. The molecule has 192 valence electrons. The van der Waals surface area contributed by atoms with Crippen molar-refractivity contribution in [1.29, 1.82) is 0 Å². The fourth-order valence-corrected chi connectivity index (χ4v) is 5.42. The zero-order valence-corrected chi connectivity index (χ0v) is 22.0. The second-order valence-electron chi connectivity index (χ2n) is 10.1. The molecule has 0 spiro atoms. The summed E-state index contributed by atoms with van der Waals surface area (Å²) in [5.74, 6) is 0.699. The first kappa shape index (κ1) is 23.2. The van der Waals surface area contributed by atoms with Gasteiger partial charge in [-0.15, -0.1) is 5.10 Å². The number of para-hydroxylation sites is 1. The Balaban J connectivity index is 1.09. The lowest BCUT2D eigenvalue weighted by Crippen LogP contribution is -1.92. The van der Waals surface area contributed by atoms with Gasteiger partial charge in [0, 0.05) is 39.9 Å². The van der Waals surface area contributed by atoms with E-state index >= 15 is 0 Å². The van der Waals surface area contributed by atoms with Crippen LogP contribution < -0.4 is 0 Å². The lowest BCUT2D eigenvalue weighted by atomic mass is 10.0. The molecule has 4 aromatic heterocycles. The summed E-state index contributed by atoms with van der Waals surface area (Å²) in [5.41, 5.74) is 8.89. The van der Waals surface area contributed by atoms with Gasteiger partial charge in [-0.2, -0.15) is 0 Å². The van der Waals surface area contributed by atoms with Crippen molar-refractivity contribution in [3.8, 4) is 45.0 Å². The Hall–Kier alpha value is -5.68. The Morgan fingerprint density at radius 2 is 1.12 bits per heavy atom. The van der Waals surface area contributed by atoms with Crippen LogP contribution in [-0.2, 0) is 0 Å². The van der Waals surface area contributed by atoms with Gasteiger partial charge in [0.2, 0.25) is 0 Å². The Kier molecular flexibility index (Phi) is 5.38. The topological polar surface area (TPSA) is 56.0 Å². The van der Waals surface area contributed by atoms with Gasteiger partial charge in [-0.1, -0.05) is 103 Å². The van der Waals surface area contributed by atoms with Crippen LogP contribution in [0.5, 0.6) is 0 Å². The summed E-state index contributed by atoms with van der Waals surface area (Å²) in [6.07, 6.45) is 3.95. The third-order valence-corrected chi connectivity index (χ3v) is 7.53. The standard InChI is InChI=1S/C36H23N5/c1-2-8-24(9-3-1)28-19-21-34-39-36(40-41(34)23-28)26-16-14-25(15-17-26)27-18-20-33(37-22-27)35-31-12-5-4-10-29(31)30-11-6-7-13-32(30)38-35/h1-23H. The molecule has 0 fully saturated rings. The number of benzene rings is 4. The van der Waals surface area contributed by atoms with Crippen molar-refractivity contribution in [2.24, 2.45) is 0 Å². The molecule has 8 aromatic rings. The monoisotopic (exact) mass is 525 g/mol. The predicted octanol–water partition coefficient (Wildman–Crippen LogP) is 8.49. The summed E-state index contributed by atoms with van der Waals surface area (Å²) in [5, 5.41) is 8.19. The SMILES string of the molecule is c1ccc(-c2ccc3nc(-c4ccc(-c5ccc(-c6nc7ccccc7c7ccccc67)nc5)cc4)nn3c2)cc1. The van der Waals surface area contributed by atoms with Crippen molar-refractivity contribution in [3.63, 3.8) is 0 Å². The van der Waals surface area contributed by atoms with Gasteiger partial charge in [-0.3, -0.25) is 4.98 Å². The first-order chi connectivity index (χ1) is 20.3. The van der Waals surface area contributed by atoms with E-state index in [0.29, 0.717) is 5.82 Å². The lowest BCUT2D eigenvalue weighted by Gasteiger charge is -2.10. The van der Waals surface area contributed by atoms with Gasteiger partial charge < -0.3 is 0 Å². The van der Waals surface area contributed by atoms with Gasteiger partial charge in [-0.05, 0) is 40.8 Å². The van der Waals surface area contributed by atoms with E-state index in [4.69, 9.17) is 20.1 Å². The molecule has 0 aliphatic carbocycles. The second kappa shape index (κ2) is 9.50. The molecule has 5 heteroatoms. The van der Waals surface area contributed by atoms with Gasteiger partial charge >= 0.3 is 0 Å². The van der Waals surface area contributed by atoms with Crippen LogP contribution in [0, 0.1) is 0 Å². The summed E-state index contributed by atoms with van der Waals surface area (Å²) in [6, 6.07) is 43.5. The molecule has 5 nitrogen and oxygen atoms in total. The quantitative estimate of drug-likeness (QED) is 0.216. The van der Waals surface area contributed by atoms with Gasteiger partial charge in [0.15, 0.2) is 11.5 Å². The minimum atomic E-state index is 0.699. The van der Waals surface area contributed by atoms with Crippen LogP contribution in [0.15, 0.2) is 140 Å². The minimum absolute atomic E-state index is 0.699. The average molecular weight is 526 g/mol. The lowest BCUT2D eigenvalue weighted by molar-refractivity contribution is 0.967. The van der Waals surface area contributed by atoms with Crippen LogP contribution in [0.4, 0.5) is 0 Å². The first-order valence-electron chi connectivity index (χ1n) is 13.6. The van der Waals surface area contributed by atoms with Crippen molar-refractivity contribution in [1.82, 2.24) is 24.6 Å². The van der Waals surface area contributed by atoms with Crippen molar-refractivity contribution < 1.29 is 0 Å². The number of fused-ring (bicyclic) bond motifs is 4. The van der Waals surface area contributed by atoms with Crippen molar-refractivity contribution in [2.75, 3.05) is 0 Å². The highest BCUT2D eigenvalue weighted by Gasteiger charge is 2.12. The molecule has 4 aromatic carbocycles. The van der Waals surface area contributed by atoms with E-state index in [0.717, 1.165) is 61.1 Å². The van der Waals surface area contributed by atoms with E-state index in [1.54, 1.807) is 0 Å². The van der Waals surface area contributed by atoms with Gasteiger partial charge in [0.25, 0.3) is 0 Å². The summed E-state index contributed by atoms with van der Waals surface area (Å²) in [6.45, 7) is 0. The van der Waals surface area contributed by atoms with E-state index in [2.05, 4.69) is 97.1 Å². The van der Waals surface area contributed by atoms with E-state index in [1.165, 1.54) is 5.39 Å². The largest absolute Gasteiger partial charge is 0.254 e. The fourth-order valence-electron chi connectivity index (χ4n) is 5.42. The maximum absolute atomic E-state index is 4.98. The minimum Gasteiger partial charge on any atom is -0.254 e. The maximum Gasteiger partial charge on any atom is 0.182 e. The molecule has 0 N–H and O–H groups in total. The summed E-state index contributed by atoms with van der Waals surface area (Å²) >= 11 is 0. The Labute approximate surface area is 236 Å². The van der Waals surface area contributed by atoms with Crippen molar-refractivity contribution in [3.05, 3.63) is 140 Å².